The number of thioether (sulfide) groups is 1. The molecule has 0 spiro atoms. The number of benzene rings is 1. The van der Waals surface area contributed by atoms with Gasteiger partial charge in [0.05, 0.1) is 0 Å². The summed E-state index contributed by atoms with van der Waals surface area (Å²) < 4.78 is 0. The van der Waals surface area contributed by atoms with Crippen molar-refractivity contribution in [3.63, 3.8) is 0 Å². The van der Waals surface area contributed by atoms with Gasteiger partial charge in [-0.15, -0.1) is 0 Å². The summed E-state index contributed by atoms with van der Waals surface area (Å²) in [7, 11) is 0. The summed E-state index contributed by atoms with van der Waals surface area (Å²) in [5.41, 5.74) is 0. The normalized spacial score (nSPS) is 15.2. The van der Waals surface area contributed by atoms with Gasteiger partial charge in [-0.1, -0.05) is 36.5 Å². The lowest BCUT2D eigenvalue weighted by atomic mass is 10.2. The smallest absolute Gasteiger partial charge is 0.254 e. The van der Waals surface area contributed by atoms with Crippen molar-refractivity contribution < 1.29 is 9.59 Å². The van der Waals surface area contributed by atoms with Gasteiger partial charge < -0.3 is 0 Å². The Morgan fingerprint density at radius 2 is 2.06 bits per heavy atom. The molecule has 0 N–H and O–H groups in total. The van der Waals surface area contributed by atoms with Crippen LogP contribution in [0.4, 0.5) is 0 Å². The van der Waals surface area contributed by atoms with E-state index in [1.165, 1.54) is 17.1 Å². The van der Waals surface area contributed by atoms with E-state index < -0.39 is 0 Å². The van der Waals surface area contributed by atoms with Crippen LogP contribution in [0.5, 0.6) is 0 Å². The largest absolute Gasteiger partial charge is 0.275 e. The lowest BCUT2D eigenvalue weighted by Gasteiger charge is -2.23. The number of carbonyl (C=O) groups is 2. The molecule has 1 aromatic rings. The molecule has 3 nitrogen and oxygen atoms in total. The molecule has 0 aromatic heterocycles. The van der Waals surface area contributed by atoms with E-state index in [-0.39, 0.29) is 11.8 Å². The molecule has 2 amide bonds. The van der Waals surface area contributed by atoms with Crippen LogP contribution in [0.25, 0.3) is 0 Å². The van der Waals surface area contributed by atoms with Crippen LogP contribution < -0.4 is 0 Å². The summed E-state index contributed by atoms with van der Waals surface area (Å²) in [6.07, 6.45) is 3.40. The second kappa shape index (κ2) is 5.69. The minimum atomic E-state index is -0.333. The highest BCUT2D eigenvalue weighted by atomic mass is 32.2. The van der Waals surface area contributed by atoms with Crippen molar-refractivity contribution in [3.05, 3.63) is 54.0 Å². The Kier molecular flexibility index (Phi) is 3.99. The van der Waals surface area contributed by atoms with Crippen LogP contribution in [0, 0.1) is 0 Å². The van der Waals surface area contributed by atoms with Crippen LogP contribution in [-0.2, 0) is 9.59 Å². The van der Waals surface area contributed by atoms with Gasteiger partial charge in [-0.25, -0.2) is 0 Å². The zero-order valence-electron chi connectivity index (χ0n) is 9.83. The first-order valence-corrected chi connectivity index (χ1v) is 6.43. The van der Waals surface area contributed by atoms with E-state index in [1.807, 2.05) is 30.3 Å². The second-order valence-corrected chi connectivity index (χ2v) is 5.01. The van der Waals surface area contributed by atoms with Crippen molar-refractivity contribution in [1.82, 2.24) is 4.90 Å². The highest BCUT2D eigenvalue weighted by Gasteiger charge is 2.22. The van der Waals surface area contributed by atoms with Gasteiger partial charge in [-0.3, -0.25) is 14.5 Å². The molecular formula is C14H13NO2S. The summed E-state index contributed by atoms with van der Waals surface area (Å²) in [6.45, 7) is 3.81. The van der Waals surface area contributed by atoms with Gasteiger partial charge in [0.1, 0.15) is 0 Å². The van der Waals surface area contributed by atoms with E-state index in [0.29, 0.717) is 13.0 Å². The highest BCUT2D eigenvalue weighted by Crippen LogP contribution is 2.30. The Bertz CT molecular complexity index is 508. The molecular weight excluding hydrogens is 246 g/mol. The predicted octanol–water partition coefficient (Wildman–Crippen LogP) is 2.61. The minimum absolute atomic E-state index is 0.260. The molecule has 0 saturated heterocycles. The van der Waals surface area contributed by atoms with E-state index in [1.54, 1.807) is 11.8 Å². The molecule has 0 fully saturated rings. The van der Waals surface area contributed by atoms with Crippen LogP contribution in [0.3, 0.4) is 0 Å². The number of nitrogens with zero attached hydrogens (tertiary/aromatic N) is 1. The van der Waals surface area contributed by atoms with Gasteiger partial charge in [0.25, 0.3) is 11.8 Å². The molecule has 1 aromatic carbocycles. The Morgan fingerprint density at radius 3 is 2.67 bits per heavy atom. The summed E-state index contributed by atoms with van der Waals surface area (Å²) in [5, 5.41) is 0. The fourth-order valence-corrected chi connectivity index (χ4v) is 2.62. The van der Waals surface area contributed by atoms with Gasteiger partial charge in [0.2, 0.25) is 0 Å². The lowest BCUT2D eigenvalue weighted by Crippen LogP contribution is -2.37. The first-order valence-electron chi connectivity index (χ1n) is 5.62. The van der Waals surface area contributed by atoms with E-state index in [2.05, 4.69) is 6.58 Å². The maximum Gasteiger partial charge on any atom is 0.254 e. The standard InChI is InChI=1S/C14H13NO2S/c1-2-13(16)15-9-8-12(10-14(15)17)18-11-6-4-3-5-7-11/h2-7,10H,1,8-9H2. The van der Waals surface area contributed by atoms with Crippen molar-refractivity contribution in [3.8, 4) is 0 Å². The first kappa shape index (κ1) is 12.6. The maximum atomic E-state index is 11.8. The van der Waals surface area contributed by atoms with E-state index in [9.17, 15) is 9.59 Å². The van der Waals surface area contributed by atoms with E-state index in [4.69, 9.17) is 0 Å². The number of hydrogen-bond acceptors (Lipinski definition) is 3. The Labute approximate surface area is 110 Å². The van der Waals surface area contributed by atoms with Crippen LogP contribution >= 0.6 is 11.8 Å². The van der Waals surface area contributed by atoms with Crippen molar-refractivity contribution >= 4 is 23.6 Å². The first-order chi connectivity index (χ1) is 8.70. The van der Waals surface area contributed by atoms with Gasteiger partial charge >= 0.3 is 0 Å². The molecule has 92 valence electrons. The fourth-order valence-electron chi connectivity index (χ4n) is 1.67. The molecule has 0 aliphatic carbocycles. The predicted molar refractivity (Wildman–Crippen MR) is 71.9 cm³/mol. The van der Waals surface area contributed by atoms with Crippen LogP contribution in [0.15, 0.2) is 58.9 Å². The van der Waals surface area contributed by atoms with Gasteiger partial charge in [0.15, 0.2) is 0 Å². The molecule has 4 heteroatoms. The monoisotopic (exact) mass is 259 g/mol. The zero-order chi connectivity index (χ0) is 13.0. The van der Waals surface area contributed by atoms with Gasteiger partial charge in [0, 0.05) is 17.5 Å². The second-order valence-electron chi connectivity index (χ2n) is 3.81. The van der Waals surface area contributed by atoms with Crippen molar-refractivity contribution in [2.45, 2.75) is 11.3 Å². The maximum absolute atomic E-state index is 11.8. The molecule has 0 radical (unpaired) electrons. The van der Waals surface area contributed by atoms with E-state index >= 15 is 0 Å². The summed E-state index contributed by atoms with van der Waals surface area (Å²) in [6, 6.07) is 9.87. The molecule has 0 saturated carbocycles. The molecule has 0 bridgehead atoms. The van der Waals surface area contributed by atoms with Crippen LogP contribution in [0.1, 0.15) is 6.42 Å². The van der Waals surface area contributed by atoms with Crippen molar-refractivity contribution in [2.24, 2.45) is 0 Å². The molecule has 0 atom stereocenters. The third-order valence-corrected chi connectivity index (χ3v) is 3.66. The molecule has 0 unspecified atom stereocenters. The Balaban J connectivity index is 2.07. The molecule has 18 heavy (non-hydrogen) atoms. The third kappa shape index (κ3) is 2.90. The molecule has 1 heterocycles. The summed E-state index contributed by atoms with van der Waals surface area (Å²) in [4.78, 5) is 26.4. The Hall–Kier alpha value is -1.81. The lowest BCUT2D eigenvalue weighted by molar-refractivity contribution is -0.139. The van der Waals surface area contributed by atoms with Gasteiger partial charge in [-0.2, -0.15) is 0 Å². The number of imide groups is 1. The Morgan fingerprint density at radius 1 is 1.33 bits per heavy atom. The number of rotatable bonds is 3. The zero-order valence-corrected chi connectivity index (χ0v) is 10.7. The van der Waals surface area contributed by atoms with Crippen LogP contribution in [-0.4, -0.2) is 23.3 Å². The SMILES string of the molecule is C=CC(=O)N1CCC(Sc2ccccc2)=CC1=O. The number of carbonyl (C=O) groups excluding carboxylic acids is 2. The summed E-state index contributed by atoms with van der Waals surface area (Å²) >= 11 is 1.57. The third-order valence-electron chi connectivity index (χ3n) is 2.57. The average Bonchev–Trinajstić information content (AvgIpc) is 2.39. The van der Waals surface area contributed by atoms with Crippen molar-refractivity contribution in [2.75, 3.05) is 6.54 Å². The van der Waals surface area contributed by atoms with Gasteiger partial charge in [-0.05, 0) is 29.5 Å². The number of hydrogen-bond donors (Lipinski definition) is 0. The fraction of sp³-hybridized carbons (Fsp3) is 0.143. The average molecular weight is 259 g/mol. The quantitative estimate of drug-likeness (QED) is 0.783. The molecule has 1 aliphatic heterocycles. The molecule has 2 rings (SSSR count). The minimum Gasteiger partial charge on any atom is -0.275 e. The van der Waals surface area contributed by atoms with Crippen LogP contribution in [0.2, 0.25) is 0 Å². The highest BCUT2D eigenvalue weighted by molar-refractivity contribution is 8.03. The summed E-state index contributed by atoms with van der Waals surface area (Å²) in [5.74, 6) is -0.593. The topological polar surface area (TPSA) is 37.4 Å². The van der Waals surface area contributed by atoms with E-state index in [0.717, 1.165) is 9.80 Å². The number of amides is 2. The molecule has 1 aliphatic rings. The van der Waals surface area contributed by atoms with Crippen molar-refractivity contribution in [1.29, 1.82) is 0 Å².